The van der Waals surface area contributed by atoms with Crippen molar-refractivity contribution in [1.82, 2.24) is 4.90 Å². The molecule has 104 valence electrons. The van der Waals surface area contributed by atoms with Crippen LogP contribution in [0.4, 0.5) is 0 Å². The molecule has 6 heteroatoms. The van der Waals surface area contributed by atoms with Crippen LogP contribution >= 0.6 is 0 Å². The first-order valence-electron chi connectivity index (χ1n) is 6.67. The summed E-state index contributed by atoms with van der Waals surface area (Å²) in [5.41, 5.74) is 5.81. The van der Waals surface area contributed by atoms with Crippen LogP contribution in [0, 0.1) is 0 Å². The fraction of sp³-hybridized carbons (Fsp3) is 0.917. The number of hydrogen-bond donors (Lipinski definition) is 1. The third-order valence-electron chi connectivity index (χ3n) is 3.93. The van der Waals surface area contributed by atoms with Gasteiger partial charge in [0, 0.05) is 13.1 Å². The molecule has 0 aromatic carbocycles. The summed E-state index contributed by atoms with van der Waals surface area (Å²) in [7, 11) is -3.23. The Hall–Kier alpha value is -0.620. The summed E-state index contributed by atoms with van der Waals surface area (Å²) in [4.78, 5) is 13.8. The maximum absolute atomic E-state index is 12.2. The molecule has 2 rings (SSSR count). The highest BCUT2D eigenvalue weighted by molar-refractivity contribution is 7.92. The van der Waals surface area contributed by atoms with Gasteiger partial charge in [-0.15, -0.1) is 0 Å². The summed E-state index contributed by atoms with van der Waals surface area (Å²) in [6.45, 7) is 3.07. The fourth-order valence-corrected chi connectivity index (χ4v) is 4.83. The van der Waals surface area contributed by atoms with Gasteiger partial charge in [0.2, 0.25) is 5.91 Å². The minimum absolute atomic E-state index is 0.153. The van der Waals surface area contributed by atoms with E-state index in [1.165, 1.54) is 0 Å². The first kappa shape index (κ1) is 13.8. The average molecular weight is 274 g/mol. The molecule has 0 saturated carbocycles. The maximum Gasteiger partial charge on any atom is 0.241 e. The van der Waals surface area contributed by atoms with Gasteiger partial charge < -0.3 is 10.6 Å². The molecule has 0 aliphatic carbocycles. The minimum Gasteiger partial charge on any atom is -0.338 e. The van der Waals surface area contributed by atoms with Crippen LogP contribution in [-0.2, 0) is 14.6 Å². The zero-order valence-electron chi connectivity index (χ0n) is 10.9. The van der Waals surface area contributed by atoms with E-state index in [4.69, 9.17) is 5.73 Å². The van der Waals surface area contributed by atoms with E-state index in [9.17, 15) is 13.2 Å². The van der Waals surface area contributed by atoms with E-state index in [0.29, 0.717) is 25.9 Å². The lowest BCUT2D eigenvalue weighted by Gasteiger charge is -2.49. The molecule has 1 unspecified atom stereocenters. The lowest BCUT2D eigenvalue weighted by atomic mass is 9.86. The number of carbonyl (C=O) groups excluding carboxylic acids is 1. The van der Waals surface area contributed by atoms with E-state index >= 15 is 0 Å². The molecule has 5 nitrogen and oxygen atoms in total. The Morgan fingerprint density at radius 3 is 2.61 bits per heavy atom. The van der Waals surface area contributed by atoms with Crippen LogP contribution in [0.3, 0.4) is 0 Å². The Labute approximate surface area is 109 Å². The van der Waals surface area contributed by atoms with Gasteiger partial charge in [-0.25, -0.2) is 8.42 Å². The van der Waals surface area contributed by atoms with Gasteiger partial charge in [-0.1, -0.05) is 19.8 Å². The first-order chi connectivity index (χ1) is 8.38. The zero-order chi connectivity index (χ0) is 13.4. The second-order valence-electron chi connectivity index (χ2n) is 5.66. The van der Waals surface area contributed by atoms with E-state index in [2.05, 4.69) is 6.92 Å². The molecule has 0 bridgehead atoms. The number of sulfone groups is 1. The van der Waals surface area contributed by atoms with Crippen molar-refractivity contribution in [2.24, 2.45) is 5.73 Å². The van der Waals surface area contributed by atoms with Gasteiger partial charge in [-0.3, -0.25) is 4.79 Å². The van der Waals surface area contributed by atoms with E-state index in [0.717, 1.165) is 19.3 Å². The zero-order valence-corrected chi connectivity index (χ0v) is 11.7. The molecule has 0 spiro atoms. The molecule has 0 aromatic rings. The molecule has 1 amide bonds. The molecular formula is C12H22N2O3S. The Morgan fingerprint density at radius 1 is 1.39 bits per heavy atom. The lowest BCUT2D eigenvalue weighted by molar-refractivity contribution is -0.138. The van der Waals surface area contributed by atoms with Crippen molar-refractivity contribution < 1.29 is 13.2 Å². The average Bonchev–Trinajstić information content (AvgIpc) is 2.24. The molecule has 0 aromatic heterocycles. The van der Waals surface area contributed by atoms with Crippen molar-refractivity contribution in [3.63, 3.8) is 0 Å². The second kappa shape index (κ2) is 4.81. The Morgan fingerprint density at radius 2 is 2.06 bits per heavy atom. The van der Waals surface area contributed by atoms with Crippen LogP contribution in [0.2, 0.25) is 0 Å². The number of likely N-dealkylation sites (tertiary alicyclic amines) is 1. The van der Waals surface area contributed by atoms with Gasteiger partial charge in [0.25, 0.3) is 0 Å². The van der Waals surface area contributed by atoms with E-state index in [-0.39, 0.29) is 17.2 Å². The summed E-state index contributed by atoms with van der Waals surface area (Å²) in [6.07, 6.45) is 3.85. The molecule has 18 heavy (non-hydrogen) atoms. The molecule has 2 fully saturated rings. The van der Waals surface area contributed by atoms with Crippen molar-refractivity contribution in [2.75, 3.05) is 18.8 Å². The van der Waals surface area contributed by atoms with Crippen molar-refractivity contribution in [3.05, 3.63) is 0 Å². The van der Waals surface area contributed by atoms with Gasteiger partial charge in [-0.05, 0) is 19.3 Å². The number of carbonyl (C=O) groups is 1. The third-order valence-corrected chi connectivity index (χ3v) is 6.09. The molecule has 2 aliphatic heterocycles. The fourth-order valence-electron chi connectivity index (χ4n) is 2.96. The molecule has 2 heterocycles. The number of hydrogen-bond acceptors (Lipinski definition) is 4. The summed E-state index contributed by atoms with van der Waals surface area (Å²) in [6, 6.07) is 0. The van der Waals surface area contributed by atoms with Gasteiger partial charge in [0.15, 0.2) is 9.84 Å². The Kier molecular flexibility index (Phi) is 3.69. The van der Waals surface area contributed by atoms with Gasteiger partial charge in [0.05, 0.1) is 11.3 Å². The van der Waals surface area contributed by atoms with Crippen LogP contribution in [0.5, 0.6) is 0 Å². The maximum atomic E-state index is 12.2. The second-order valence-corrected chi connectivity index (χ2v) is 7.96. The smallest absolute Gasteiger partial charge is 0.241 e. The van der Waals surface area contributed by atoms with Crippen LogP contribution in [0.25, 0.3) is 0 Å². The highest BCUT2D eigenvalue weighted by atomic mass is 32.2. The van der Waals surface area contributed by atoms with Crippen molar-refractivity contribution in [3.8, 4) is 0 Å². The van der Waals surface area contributed by atoms with Gasteiger partial charge in [0.1, 0.15) is 5.25 Å². The van der Waals surface area contributed by atoms with Gasteiger partial charge in [-0.2, -0.15) is 0 Å². The van der Waals surface area contributed by atoms with Crippen LogP contribution in [-0.4, -0.2) is 48.9 Å². The van der Waals surface area contributed by atoms with Crippen LogP contribution < -0.4 is 5.73 Å². The van der Waals surface area contributed by atoms with Crippen molar-refractivity contribution in [2.45, 2.75) is 49.8 Å². The normalized spacial score (nSPS) is 29.7. The molecule has 2 N–H and O–H groups in total. The Bertz CT molecular complexity index is 427. The predicted octanol–water partition coefficient (Wildman–Crippen LogP) is 0.294. The van der Waals surface area contributed by atoms with E-state index in [1.807, 2.05) is 0 Å². The Balaban J connectivity index is 1.97. The standard InChI is InChI=1S/C12H22N2O3S/c1-2-6-12(13)8-14(9-12)11(15)10-5-3-4-7-18(10,16)17/h10H,2-9,13H2,1H3. The summed E-state index contributed by atoms with van der Waals surface area (Å²) < 4.78 is 23.8. The summed E-state index contributed by atoms with van der Waals surface area (Å²) in [5.74, 6) is -0.0770. The lowest BCUT2D eigenvalue weighted by Crippen LogP contribution is -2.70. The highest BCUT2D eigenvalue weighted by Gasteiger charge is 2.46. The number of amides is 1. The summed E-state index contributed by atoms with van der Waals surface area (Å²) >= 11 is 0. The number of nitrogens with zero attached hydrogens (tertiary/aromatic N) is 1. The number of rotatable bonds is 3. The minimum atomic E-state index is -3.23. The van der Waals surface area contributed by atoms with Crippen LogP contribution in [0.15, 0.2) is 0 Å². The first-order valence-corrected chi connectivity index (χ1v) is 8.39. The van der Waals surface area contributed by atoms with Crippen molar-refractivity contribution >= 4 is 15.7 Å². The molecule has 0 radical (unpaired) electrons. The topological polar surface area (TPSA) is 80.5 Å². The van der Waals surface area contributed by atoms with Gasteiger partial charge >= 0.3 is 0 Å². The quantitative estimate of drug-likeness (QED) is 0.802. The third kappa shape index (κ3) is 2.54. The molecule has 2 aliphatic rings. The molecular weight excluding hydrogens is 252 g/mol. The highest BCUT2D eigenvalue weighted by Crippen LogP contribution is 2.28. The van der Waals surface area contributed by atoms with Crippen LogP contribution in [0.1, 0.15) is 39.0 Å². The molecule has 1 atom stereocenters. The predicted molar refractivity (Wildman–Crippen MR) is 69.8 cm³/mol. The SMILES string of the molecule is CCCC1(N)CN(C(=O)C2CCCCS2(=O)=O)C1. The van der Waals surface area contributed by atoms with E-state index < -0.39 is 15.1 Å². The number of nitrogens with two attached hydrogens (primary N) is 1. The van der Waals surface area contributed by atoms with E-state index in [1.54, 1.807) is 4.90 Å². The monoisotopic (exact) mass is 274 g/mol. The van der Waals surface area contributed by atoms with Crippen molar-refractivity contribution in [1.29, 1.82) is 0 Å². The molecule has 2 saturated heterocycles. The largest absolute Gasteiger partial charge is 0.338 e. The summed E-state index contributed by atoms with van der Waals surface area (Å²) in [5, 5.41) is -0.808.